The molecule has 0 saturated heterocycles. The molecule has 0 aliphatic carbocycles. The molecule has 0 fully saturated rings. The Morgan fingerprint density at radius 1 is 1.37 bits per heavy atom. The molecule has 1 aromatic heterocycles. The Labute approximate surface area is 114 Å². The predicted molar refractivity (Wildman–Crippen MR) is 71.9 cm³/mol. The highest BCUT2D eigenvalue weighted by Crippen LogP contribution is 2.21. The average Bonchev–Trinajstić information content (AvgIpc) is 2.45. The Balaban J connectivity index is 2.08. The molecular weight excluding hydrogens is 260 g/mol. The Hall–Kier alpha value is -2.32. The molecule has 0 atom stereocenters. The maximum Gasteiger partial charge on any atom is 0.335 e. The van der Waals surface area contributed by atoms with Crippen molar-refractivity contribution in [1.29, 1.82) is 5.26 Å². The van der Waals surface area contributed by atoms with Crippen molar-refractivity contribution in [3.05, 3.63) is 59.3 Å². The first-order valence-corrected chi connectivity index (χ1v) is 6.49. The van der Waals surface area contributed by atoms with Crippen molar-refractivity contribution in [2.45, 2.75) is 10.8 Å². The van der Waals surface area contributed by atoms with Gasteiger partial charge in [-0.1, -0.05) is 12.1 Å². The lowest BCUT2D eigenvalue weighted by atomic mass is 10.1. The summed E-state index contributed by atoms with van der Waals surface area (Å²) in [5, 5.41) is 18.4. The number of hydrogen-bond donors (Lipinski definition) is 1. The van der Waals surface area contributed by atoms with Gasteiger partial charge in [0.05, 0.1) is 22.2 Å². The minimum absolute atomic E-state index is 0.275. The third kappa shape index (κ3) is 3.57. The number of rotatable bonds is 4. The highest BCUT2D eigenvalue weighted by Gasteiger charge is 2.04. The second kappa shape index (κ2) is 6.03. The van der Waals surface area contributed by atoms with E-state index < -0.39 is 5.97 Å². The second-order valence-electron chi connectivity index (χ2n) is 3.79. The minimum atomic E-state index is -0.934. The molecule has 1 aromatic carbocycles. The van der Waals surface area contributed by atoms with Crippen LogP contribution >= 0.6 is 11.8 Å². The Morgan fingerprint density at radius 3 is 2.95 bits per heavy atom. The molecule has 0 amide bonds. The molecule has 2 aromatic rings. The quantitative estimate of drug-likeness (QED) is 0.864. The molecule has 4 nitrogen and oxygen atoms in total. The third-order valence-electron chi connectivity index (χ3n) is 2.42. The number of aromatic carboxylic acids is 1. The number of carboxylic acid groups (broad SMARTS) is 1. The number of thioether (sulfide) groups is 1. The normalized spacial score (nSPS) is 9.84. The number of carbonyl (C=O) groups is 1. The van der Waals surface area contributed by atoms with E-state index in [2.05, 4.69) is 11.1 Å². The lowest BCUT2D eigenvalue weighted by molar-refractivity contribution is 0.0697. The smallest absolute Gasteiger partial charge is 0.335 e. The summed E-state index contributed by atoms with van der Waals surface area (Å²) in [6.45, 7) is 0. The molecule has 0 radical (unpaired) electrons. The van der Waals surface area contributed by atoms with Gasteiger partial charge in [0.2, 0.25) is 0 Å². The zero-order valence-corrected chi connectivity index (χ0v) is 10.7. The van der Waals surface area contributed by atoms with Gasteiger partial charge in [0, 0.05) is 11.9 Å². The summed E-state index contributed by atoms with van der Waals surface area (Å²) in [6, 6.07) is 12.2. The monoisotopic (exact) mass is 270 g/mol. The van der Waals surface area contributed by atoms with Crippen molar-refractivity contribution in [1.82, 2.24) is 4.98 Å². The highest BCUT2D eigenvalue weighted by atomic mass is 32.2. The van der Waals surface area contributed by atoms with Crippen molar-refractivity contribution in [3.63, 3.8) is 0 Å². The van der Waals surface area contributed by atoms with Gasteiger partial charge in [0.15, 0.2) is 0 Å². The van der Waals surface area contributed by atoms with Crippen LogP contribution in [0.25, 0.3) is 0 Å². The van der Waals surface area contributed by atoms with E-state index in [4.69, 9.17) is 10.4 Å². The van der Waals surface area contributed by atoms with Gasteiger partial charge >= 0.3 is 5.97 Å². The zero-order chi connectivity index (χ0) is 13.7. The highest BCUT2D eigenvalue weighted by molar-refractivity contribution is 7.98. The van der Waals surface area contributed by atoms with E-state index in [0.717, 1.165) is 10.6 Å². The van der Waals surface area contributed by atoms with Crippen LogP contribution in [0.3, 0.4) is 0 Å². The third-order valence-corrected chi connectivity index (χ3v) is 3.42. The number of nitrogens with zero attached hydrogens (tertiary/aromatic N) is 2. The van der Waals surface area contributed by atoms with Crippen LogP contribution in [0, 0.1) is 11.3 Å². The summed E-state index contributed by atoms with van der Waals surface area (Å²) in [6.07, 6.45) is 1.59. The molecule has 1 heterocycles. The van der Waals surface area contributed by atoms with Crippen LogP contribution in [0.15, 0.2) is 47.6 Å². The molecular formula is C14H10N2O2S. The molecule has 5 heteroatoms. The molecule has 0 spiro atoms. The van der Waals surface area contributed by atoms with Gasteiger partial charge in [-0.25, -0.2) is 9.78 Å². The summed E-state index contributed by atoms with van der Waals surface area (Å²) < 4.78 is 0. The molecule has 2 rings (SSSR count). The largest absolute Gasteiger partial charge is 0.478 e. The maximum absolute atomic E-state index is 10.9. The van der Waals surface area contributed by atoms with Crippen LogP contribution in [-0.2, 0) is 5.75 Å². The van der Waals surface area contributed by atoms with Crippen LogP contribution in [0.4, 0.5) is 0 Å². The first-order chi connectivity index (χ1) is 9.19. The second-order valence-corrected chi connectivity index (χ2v) is 4.78. The standard InChI is InChI=1S/C14H10N2O2S/c15-8-10-4-5-16-13(7-10)19-9-11-2-1-3-12(6-11)14(17)18/h1-7H,9H2,(H,17,18). The van der Waals surface area contributed by atoms with E-state index in [1.54, 1.807) is 36.5 Å². The number of pyridine rings is 1. The zero-order valence-electron chi connectivity index (χ0n) is 9.91. The van der Waals surface area contributed by atoms with E-state index in [-0.39, 0.29) is 5.56 Å². The lowest BCUT2D eigenvalue weighted by Gasteiger charge is -2.03. The number of hydrogen-bond acceptors (Lipinski definition) is 4. The van der Waals surface area contributed by atoms with E-state index in [1.165, 1.54) is 11.8 Å². The van der Waals surface area contributed by atoms with Gasteiger partial charge in [0.1, 0.15) is 0 Å². The molecule has 94 valence electrons. The molecule has 19 heavy (non-hydrogen) atoms. The van der Waals surface area contributed by atoms with E-state index in [9.17, 15) is 4.79 Å². The van der Waals surface area contributed by atoms with Crippen LogP contribution in [0.2, 0.25) is 0 Å². The molecule has 0 unspecified atom stereocenters. The van der Waals surface area contributed by atoms with Gasteiger partial charge in [0.25, 0.3) is 0 Å². The molecule has 0 aliphatic rings. The fourth-order valence-corrected chi connectivity index (χ4v) is 2.35. The van der Waals surface area contributed by atoms with Gasteiger partial charge in [-0.3, -0.25) is 0 Å². The number of nitriles is 1. The van der Waals surface area contributed by atoms with E-state index in [0.29, 0.717) is 11.3 Å². The molecule has 0 aliphatic heterocycles. The van der Waals surface area contributed by atoms with E-state index >= 15 is 0 Å². The molecule has 0 saturated carbocycles. The van der Waals surface area contributed by atoms with Gasteiger partial charge in [-0.15, -0.1) is 11.8 Å². The predicted octanol–water partition coefficient (Wildman–Crippen LogP) is 2.94. The maximum atomic E-state index is 10.9. The van der Waals surface area contributed by atoms with Crippen LogP contribution in [0.1, 0.15) is 21.5 Å². The Bertz CT molecular complexity index is 650. The first kappa shape index (κ1) is 13.1. The van der Waals surface area contributed by atoms with E-state index in [1.807, 2.05) is 6.07 Å². The number of aromatic nitrogens is 1. The molecule has 1 N–H and O–H groups in total. The van der Waals surface area contributed by atoms with Gasteiger partial charge < -0.3 is 5.11 Å². The SMILES string of the molecule is N#Cc1ccnc(SCc2cccc(C(=O)O)c2)c1. The minimum Gasteiger partial charge on any atom is -0.478 e. The van der Waals surface area contributed by atoms with Gasteiger partial charge in [-0.05, 0) is 29.8 Å². The average molecular weight is 270 g/mol. The lowest BCUT2D eigenvalue weighted by Crippen LogP contribution is -1.96. The van der Waals surface area contributed by atoms with Crippen LogP contribution < -0.4 is 0 Å². The first-order valence-electron chi connectivity index (χ1n) is 5.50. The van der Waals surface area contributed by atoms with Crippen molar-refractivity contribution in [2.24, 2.45) is 0 Å². The molecule has 0 bridgehead atoms. The van der Waals surface area contributed by atoms with Gasteiger partial charge in [-0.2, -0.15) is 5.26 Å². The number of benzene rings is 1. The van der Waals surface area contributed by atoms with Crippen molar-refractivity contribution >= 4 is 17.7 Å². The van der Waals surface area contributed by atoms with Crippen molar-refractivity contribution in [2.75, 3.05) is 0 Å². The Morgan fingerprint density at radius 2 is 2.21 bits per heavy atom. The van der Waals surface area contributed by atoms with Crippen molar-refractivity contribution < 1.29 is 9.90 Å². The summed E-state index contributed by atoms with van der Waals surface area (Å²) in [7, 11) is 0. The fraction of sp³-hybridized carbons (Fsp3) is 0.0714. The summed E-state index contributed by atoms with van der Waals surface area (Å²) in [5.74, 6) is -0.320. The Kier molecular flexibility index (Phi) is 4.16. The van der Waals surface area contributed by atoms with Crippen LogP contribution in [-0.4, -0.2) is 16.1 Å². The summed E-state index contributed by atoms with van der Waals surface area (Å²) in [4.78, 5) is 15.0. The topological polar surface area (TPSA) is 74.0 Å². The fourth-order valence-electron chi connectivity index (χ4n) is 1.51. The summed E-state index contributed by atoms with van der Waals surface area (Å²) >= 11 is 1.47. The van der Waals surface area contributed by atoms with Crippen LogP contribution in [0.5, 0.6) is 0 Å². The number of carboxylic acids is 1. The van der Waals surface area contributed by atoms with Crippen molar-refractivity contribution in [3.8, 4) is 6.07 Å². The summed E-state index contributed by atoms with van der Waals surface area (Å²) in [5.41, 5.74) is 1.75.